The van der Waals surface area contributed by atoms with Crippen LogP contribution in [0.2, 0.25) is 0 Å². The maximum Gasteiger partial charge on any atom is 0.313 e. The molecule has 0 unspecified atom stereocenters. The Morgan fingerprint density at radius 3 is 2.48 bits per heavy atom. The van der Waals surface area contributed by atoms with Crippen LogP contribution in [0.3, 0.4) is 0 Å². The molecule has 9 rings (SSSR count). The Balaban J connectivity index is 1.23. The zero-order valence-electron chi connectivity index (χ0n) is 41.9. The second-order valence-electron chi connectivity index (χ2n) is 23.9. The number of aliphatic hydroxyl groups excluding tert-OH is 5. The van der Waals surface area contributed by atoms with Crippen molar-refractivity contribution < 1.29 is 54.9 Å². The summed E-state index contributed by atoms with van der Waals surface area (Å²) in [4.78, 5) is 49.5. The molecular weight excluding hydrogens is 907 g/mol. The molecule has 16 heteroatoms. The maximum absolute atomic E-state index is 15.2. The quantitative estimate of drug-likeness (QED) is 0.0529. The van der Waals surface area contributed by atoms with Crippen LogP contribution in [0.4, 0.5) is 0 Å². The fourth-order valence-corrected chi connectivity index (χ4v) is 16.7. The number of rotatable bonds is 10. The Labute approximate surface area is 417 Å². The summed E-state index contributed by atoms with van der Waals surface area (Å²) in [6, 6.07) is 0.698. The van der Waals surface area contributed by atoms with E-state index >= 15 is 4.79 Å². The largest absolute Gasteiger partial charge is 0.465 e. The molecule has 0 spiro atoms. The minimum Gasteiger partial charge on any atom is -0.465 e. The van der Waals surface area contributed by atoms with Gasteiger partial charge in [0.25, 0.3) is 0 Å². The number of esters is 1. The number of carbonyl (C=O) groups excluding carboxylic acids is 3. The van der Waals surface area contributed by atoms with E-state index in [4.69, 9.17) is 16.2 Å². The van der Waals surface area contributed by atoms with Crippen molar-refractivity contribution in [2.24, 2.45) is 92.4 Å². The van der Waals surface area contributed by atoms with Crippen molar-refractivity contribution in [2.45, 2.75) is 153 Å². The number of fused-ring (bicyclic) bond motifs is 10. The van der Waals surface area contributed by atoms with Gasteiger partial charge in [-0.25, -0.2) is 0 Å². The second-order valence-corrected chi connectivity index (χ2v) is 23.9. The monoisotopic (exact) mass is 986 g/mol. The first-order valence-corrected chi connectivity index (χ1v) is 26.5. The zero-order valence-corrected chi connectivity index (χ0v) is 41.9. The van der Waals surface area contributed by atoms with E-state index in [1.807, 2.05) is 19.2 Å². The molecule has 0 aromatic carbocycles. The van der Waals surface area contributed by atoms with Crippen molar-refractivity contribution in [3.05, 3.63) is 46.9 Å². The highest BCUT2D eigenvalue weighted by atomic mass is 16.5. The van der Waals surface area contributed by atoms with Gasteiger partial charge in [-0.05, 0) is 155 Å². The minimum absolute atomic E-state index is 0.0151. The van der Waals surface area contributed by atoms with Gasteiger partial charge in [0.2, 0.25) is 0 Å². The number of hydrogen-bond acceptors (Lipinski definition) is 13. The summed E-state index contributed by atoms with van der Waals surface area (Å²) >= 11 is 0. The lowest BCUT2D eigenvalue weighted by Crippen LogP contribution is -2.66. The second kappa shape index (κ2) is 19.6. The Bertz CT molecular complexity index is 2350. The van der Waals surface area contributed by atoms with E-state index in [9.17, 15) is 45.3 Å². The van der Waals surface area contributed by atoms with E-state index < -0.39 is 100 Å². The molecule has 7 aliphatic carbocycles. The first-order chi connectivity index (χ1) is 33.7. The number of Topliss-reactive ketones (excluding diaryl/α,β-unsaturated/α-hetero) is 2. The molecule has 8 aliphatic rings. The van der Waals surface area contributed by atoms with Crippen LogP contribution in [0.5, 0.6) is 0 Å². The van der Waals surface area contributed by atoms with Gasteiger partial charge in [-0.2, -0.15) is 0 Å². The molecule has 4 saturated carbocycles. The third-order valence-electron chi connectivity index (χ3n) is 20.2. The van der Waals surface area contributed by atoms with Crippen LogP contribution in [0, 0.1) is 87.8 Å². The molecule has 13 N–H and O–H groups in total. The summed E-state index contributed by atoms with van der Waals surface area (Å²) in [5, 5.41) is 88.1. The van der Waals surface area contributed by atoms with Gasteiger partial charge in [-0.3, -0.25) is 19.4 Å². The molecule has 1 saturated heterocycles. The van der Waals surface area contributed by atoms with Crippen LogP contribution in [0.1, 0.15) is 123 Å². The fraction of sp³-hybridized carbons (Fsp3) is 0.745. The molecule has 0 amide bonds. The Kier molecular flexibility index (Phi) is 14.3. The summed E-state index contributed by atoms with van der Waals surface area (Å²) in [6.07, 6.45) is 7.58. The summed E-state index contributed by atoms with van der Waals surface area (Å²) < 4.78 is 5.88. The van der Waals surface area contributed by atoms with Crippen LogP contribution < -0.4 is 16.8 Å². The predicted octanol–water partition coefficient (Wildman–Crippen LogP) is 2.74. The Morgan fingerprint density at radius 2 is 1.79 bits per heavy atom. The fourth-order valence-electron chi connectivity index (χ4n) is 16.7. The molecule has 20 atom stereocenters. The van der Waals surface area contributed by atoms with Crippen LogP contribution in [0.15, 0.2) is 46.4 Å². The molecule has 2 heterocycles. The van der Waals surface area contributed by atoms with Gasteiger partial charge in [0.1, 0.15) is 6.04 Å². The number of hydrogen-bond donors (Lipinski definition) is 11. The molecule has 71 heavy (non-hydrogen) atoms. The third-order valence-corrected chi connectivity index (χ3v) is 20.2. The SMILES string of the molecule is CC(=O)[C@H](CO)NC1=C2[C@H](CC[C@]3(CCN=C(N)N)[C@@H]4[C@@H](CC#C[C@@H]([C@H]5COC(=O)[C@@H]5c5cc[nH]c5)C[C@H]5[C@@H](CC=C6CC[C@@H](C)C[C@@H]65)[C@H](CO)C[C@@H](O)[C@]4(C)O)C[C@@]23O)[C@@]2(C)C[C@H](O)[C@H](O)C[C@H]2C1=O. The summed E-state index contributed by atoms with van der Waals surface area (Å²) in [7, 11) is 0. The number of guanidine groups is 1. The highest BCUT2D eigenvalue weighted by Crippen LogP contribution is 2.72. The van der Waals surface area contributed by atoms with Gasteiger partial charge in [0, 0.05) is 61.1 Å². The average molecular weight is 986 g/mol. The first-order valence-electron chi connectivity index (χ1n) is 26.5. The number of nitrogens with one attached hydrogen (secondary N) is 2. The van der Waals surface area contributed by atoms with Crippen molar-refractivity contribution in [3.8, 4) is 11.8 Å². The number of nitrogens with zero attached hydrogens (tertiary/aromatic N) is 1. The summed E-state index contributed by atoms with van der Waals surface area (Å²) in [5.41, 5.74) is 8.30. The van der Waals surface area contributed by atoms with E-state index in [1.54, 1.807) is 13.1 Å². The maximum atomic E-state index is 15.2. The number of ether oxygens (including phenoxy) is 1. The van der Waals surface area contributed by atoms with Crippen molar-refractivity contribution in [2.75, 3.05) is 26.4 Å². The highest BCUT2D eigenvalue weighted by molar-refractivity contribution is 6.00. The smallest absolute Gasteiger partial charge is 0.313 e. The molecule has 5 fully saturated rings. The number of cyclic esters (lactones) is 1. The van der Waals surface area contributed by atoms with Gasteiger partial charge < -0.3 is 62.3 Å². The molecular formula is C55H79N5O11. The third kappa shape index (κ3) is 8.70. The molecule has 0 radical (unpaired) electrons. The number of ketones is 2. The molecule has 390 valence electrons. The normalized spacial score (nSPS) is 44.7. The van der Waals surface area contributed by atoms with Crippen molar-refractivity contribution in [1.29, 1.82) is 0 Å². The van der Waals surface area contributed by atoms with Gasteiger partial charge in [0.15, 0.2) is 17.5 Å². The lowest BCUT2D eigenvalue weighted by Gasteiger charge is -2.62. The Hall–Kier alpha value is -4.08. The lowest BCUT2D eigenvalue weighted by molar-refractivity contribution is -0.190. The number of aliphatic hydroxyl groups is 7. The summed E-state index contributed by atoms with van der Waals surface area (Å²) in [5.74, 6) is 2.10. The van der Waals surface area contributed by atoms with E-state index in [-0.39, 0.29) is 112 Å². The number of nitrogens with two attached hydrogens (primary N) is 2. The van der Waals surface area contributed by atoms with Crippen LogP contribution in [0.25, 0.3) is 0 Å². The predicted molar refractivity (Wildman–Crippen MR) is 263 cm³/mol. The number of aromatic nitrogens is 1. The number of H-pyrrole nitrogens is 1. The molecule has 1 aromatic heterocycles. The summed E-state index contributed by atoms with van der Waals surface area (Å²) in [6.45, 7) is 6.46. The molecule has 1 aliphatic heterocycles. The van der Waals surface area contributed by atoms with Crippen molar-refractivity contribution >= 4 is 23.5 Å². The topological polar surface area (TPSA) is 294 Å². The van der Waals surface area contributed by atoms with Gasteiger partial charge in [-0.1, -0.05) is 31.4 Å². The van der Waals surface area contributed by atoms with E-state index in [2.05, 4.69) is 40.1 Å². The van der Waals surface area contributed by atoms with Gasteiger partial charge >= 0.3 is 5.97 Å². The number of allylic oxidation sites excluding steroid dienone is 3. The highest BCUT2D eigenvalue weighted by Gasteiger charge is 2.74. The number of aromatic amines is 1. The average Bonchev–Trinajstić information content (AvgIpc) is 4.05. The first kappa shape index (κ1) is 51.8. The van der Waals surface area contributed by atoms with Crippen LogP contribution >= 0.6 is 0 Å². The van der Waals surface area contributed by atoms with E-state index in [1.165, 1.54) is 12.5 Å². The zero-order chi connectivity index (χ0) is 50.9. The van der Waals surface area contributed by atoms with Crippen LogP contribution in [-0.4, -0.2) is 126 Å². The van der Waals surface area contributed by atoms with E-state index in [0.29, 0.717) is 30.8 Å². The number of carbonyl (C=O) groups is 3. The standard InChI is InChI=1S/C55H79N5O11/c1-28-8-9-30-10-11-35-34(25-61)20-44(66)53(4,69)49-32(7-5-6-31(19-37(35)36(30)18-28)38-27-71-50(68)45(38)33-13-16-58-24-33)22-55(70)46-39(12-14-54(49,55)15-17-59-51(56)57)52(3)23-43(65)42(64)21-40(52)48(67)47(46)60-41(26-62)29(2)63/h10,13,16,24,28,31-32,34-45,49,58,60-62,64-66,69-70H,7-9,11-12,14-15,17-23,25-27H2,1-4H3,(H4,56,57,59)/t28-,31-,32+,34+,35+,36+,37+,38-,39+,40+,41+,42-,43+,44-,45-,49-,52-,53+,54+,55-/m1/s1. The lowest BCUT2D eigenvalue weighted by atomic mass is 9.44. The van der Waals surface area contributed by atoms with Gasteiger partial charge in [0.05, 0.1) is 54.3 Å². The van der Waals surface area contributed by atoms with Crippen LogP contribution in [-0.2, 0) is 19.1 Å². The number of aliphatic imine (C=N–C) groups is 1. The van der Waals surface area contributed by atoms with Gasteiger partial charge in [-0.15, -0.1) is 5.92 Å². The molecule has 0 bridgehead atoms. The Morgan fingerprint density at radius 1 is 1.01 bits per heavy atom. The van der Waals surface area contributed by atoms with Crippen molar-refractivity contribution in [3.63, 3.8) is 0 Å². The minimum atomic E-state index is -1.94. The molecule has 16 nitrogen and oxygen atoms in total. The van der Waals surface area contributed by atoms with E-state index in [0.717, 1.165) is 24.8 Å². The molecule has 1 aromatic rings. The van der Waals surface area contributed by atoms with Crippen molar-refractivity contribution in [1.82, 2.24) is 10.3 Å².